The van der Waals surface area contributed by atoms with Crippen LogP contribution in [0, 0.1) is 0 Å². The first-order valence-corrected chi connectivity index (χ1v) is 4.63. The molecule has 0 spiro atoms. The highest BCUT2D eigenvalue weighted by molar-refractivity contribution is 6.00. The molecule has 0 unspecified atom stereocenters. The van der Waals surface area contributed by atoms with E-state index in [1.807, 2.05) is 24.3 Å². The van der Waals surface area contributed by atoms with Crippen molar-refractivity contribution in [3.63, 3.8) is 0 Å². The van der Waals surface area contributed by atoms with Crippen LogP contribution in [0.5, 0.6) is 0 Å². The highest BCUT2D eigenvalue weighted by Crippen LogP contribution is 2.32. The third-order valence-corrected chi connectivity index (χ3v) is 2.43. The van der Waals surface area contributed by atoms with Crippen LogP contribution in [0.1, 0.15) is 0 Å². The van der Waals surface area contributed by atoms with E-state index in [-0.39, 0.29) is 0 Å². The quantitative estimate of drug-likeness (QED) is 0.632. The van der Waals surface area contributed by atoms with Gasteiger partial charge in [-0.3, -0.25) is 0 Å². The van der Waals surface area contributed by atoms with E-state index < -0.39 is 0 Å². The average Bonchev–Trinajstić information content (AvgIpc) is 2.82. The van der Waals surface area contributed by atoms with Gasteiger partial charge in [0.05, 0.1) is 5.56 Å². The molecule has 74 valence electrons. The summed E-state index contributed by atoms with van der Waals surface area (Å²) in [6.07, 6.45) is 1.54. The van der Waals surface area contributed by atoms with Gasteiger partial charge in [-0.05, 0) is 6.07 Å². The number of para-hydroxylation sites is 1. The first-order valence-electron chi connectivity index (χ1n) is 4.63. The molecule has 0 fully saturated rings. The van der Waals surface area contributed by atoms with Crippen LogP contribution < -0.4 is 5.73 Å². The highest BCUT2D eigenvalue weighted by Gasteiger charge is 2.12. The van der Waals surface area contributed by atoms with Crippen molar-refractivity contribution in [3.8, 4) is 11.3 Å². The normalized spacial score (nSPS) is 10.9. The maximum absolute atomic E-state index is 5.91. The van der Waals surface area contributed by atoms with E-state index in [0.29, 0.717) is 5.82 Å². The fourth-order valence-corrected chi connectivity index (χ4v) is 1.78. The molecule has 0 radical (unpaired) electrons. The Morgan fingerprint density at radius 3 is 2.87 bits per heavy atom. The number of nitrogens with zero attached hydrogens (tertiary/aromatic N) is 1. The van der Waals surface area contributed by atoms with Crippen molar-refractivity contribution in [2.75, 3.05) is 5.73 Å². The van der Waals surface area contributed by atoms with Crippen molar-refractivity contribution < 1.29 is 4.52 Å². The van der Waals surface area contributed by atoms with Gasteiger partial charge in [-0.15, -0.1) is 0 Å². The summed E-state index contributed by atoms with van der Waals surface area (Å²) in [6, 6.07) is 9.72. The second-order valence-corrected chi connectivity index (χ2v) is 3.34. The Kier molecular flexibility index (Phi) is 1.56. The maximum Gasteiger partial charge on any atom is 0.124 e. The zero-order valence-corrected chi connectivity index (χ0v) is 7.90. The Balaban J connectivity index is 2.39. The number of aromatic nitrogens is 2. The lowest BCUT2D eigenvalue weighted by molar-refractivity contribution is 0.422. The summed E-state index contributed by atoms with van der Waals surface area (Å²) in [5.74, 6) is 0.616. The molecule has 0 saturated heterocycles. The van der Waals surface area contributed by atoms with Gasteiger partial charge in [0, 0.05) is 17.0 Å². The molecular weight excluding hydrogens is 190 g/mol. The summed E-state index contributed by atoms with van der Waals surface area (Å²) in [7, 11) is 0. The van der Waals surface area contributed by atoms with E-state index in [9.17, 15) is 0 Å². The van der Waals surface area contributed by atoms with Crippen molar-refractivity contribution >= 4 is 16.7 Å². The number of nitrogens with one attached hydrogen (secondary N) is 1. The summed E-state index contributed by atoms with van der Waals surface area (Å²) < 4.78 is 4.82. The van der Waals surface area contributed by atoms with Crippen LogP contribution >= 0.6 is 0 Å². The summed E-state index contributed by atoms with van der Waals surface area (Å²) in [6.45, 7) is 0. The number of anilines is 1. The Hall–Kier alpha value is -2.23. The van der Waals surface area contributed by atoms with Gasteiger partial charge in [-0.25, -0.2) is 0 Å². The van der Waals surface area contributed by atoms with Gasteiger partial charge in [0.25, 0.3) is 0 Å². The molecule has 0 aliphatic rings. The molecule has 3 aromatic rings. The lowest BCUT2D eigenvalue weighted by Crippen LogP contribution is -1.87. The van der Waals surface area contributed by atoms with Crippen molar-refractivity contribution in [2.45, 2.75) is 0 Å². The van der Waals surface area contributed by atoms with Gasteiger partial charge >= 0.3 is 0 Å². The topological polar surface area (TPSA) is 67.8 Å². The monoisotopic (exact) mass is 199 g/mol. The largest absolute Gasteiger partial charge is 0.385 e. The number of fused-ring (bicyclic) bond motifs is 1. The Labute approximate surface area is 85.7 Å². The van der Waals surface area contributed by atoms with Crippen LogP contribution in [0.3, 0.4) is 0 Å². The molecule has 0 aliphatic carbocycles. The highest BCUT2D eigenvalue weighted by atomic mass is 16.5. The molecule has 15 heavy (non-hydrogen) atoms. The van der Waals surface area contributed by atoms with Gasteiger partial charge in [-0.1, -0.05) is 23.4 Å². The van der Waals surface area contributed by atoms with Crippen molar-refractivity contribution in [2.24, 2.45) is 0 Å². The average molecular weight is 199 g/mol. The van der Waals surface area contributed by atoms with Gasteiger partial charge in [-0.2, -0.15) is 0 Å². The number of benzene rings is 1. The third-order valence-electron chi connectivity index (χ3n) is 2.43. The van der Waals surface area contributed by atoms with Gasteiger partial charge < -0.3 is 15.2 Å². The first-order chi connectivity index (χ1) is 7.36. The Morgan fingerprint density at radius 1 is 1.20 bits per heavy atom. The van der Waals surface area contributed by atoms with Crippen molar-refractivity contribution in [3.05, 3.63) is 36.6 Å². The lowest BCUT2D eigenvalue weighted by Gasteiger charge is -1.93. The van der Waals surface area contributed by atoms with E-state index in [4.69, 9.17) is 10.3 Å². The van der Waals surface area contributed by atoms with Gasteiger partial charge in [0.2, 0.25) is 0 Å². The van der Waals surface area contributed by atoms with E-state index >= 15 is 0 Å². The summed E-state index contributed by atoms with van der Waals surface area (Å²) in [4.78, 5) is 3.11. The van der Waals surface area contributed by atoms with Crippen LogP contribution in [0.25, 0.3) is 22.2 Å². The SMILES string of the molecule is Nc1[nH]c2ccccc2c1-c1ccon1. The van der Waals surface area contributed by atoms with E-state index in [1.165, 1.54) is 6.26 Å². The van der Waals surface area contributed by atoms with Crippen LogP contribution in [-0.2, 0) is 0 Å². The van der Waals surface area contributed by atoms with Gasteiger partial charge in [0.15, 0.2) is 0 Å². The number of nitrogens with two attached hydrogens (primary N) is 1. The predicted molar refractivity (Wildman–Crippen MR) is 58.2 cm³/mol. The number of aromatic amines is 1. The zero-order chi connectivity index (χ0) is 10.3. The van der Waals surface area contributed by atoms with Gasteiger partial charge in [0.1, 0.15) is 17.8 Å². The van der Waals surface area contributed by atoms with Crippen LogP contribution in [0.2, 0.25) is 0 Å². The summed E-state index contributed by atoms with van der Waals surface area (Å²) in [5, 5.41) is 4.95. The Morgan fingerprint density at radius 2 is 2.07 bits per heavy atom. The molecule has 0 saturated carbocycles. The predicted octanol–water partition coefficient (Wildman–Crippen LogP) is 2.41. The second-order valence-electron chi connectivity index (χ2n) is 3.34. The van der Waals surface area contributed by atoms with E-state index in [2.05, 4.69) is 10.1 Å². The molecule has 0 bridgehead atoms. The van der Waals surface area contributed by atoms with Crippen LogP contribution in [-0.4, -0.2) is 10.1 Å². The maximum atomic E-state index is 5.91. The summed E-state index contributed by atoms with van der Waals surface area (Å²) >= 11 is 0. The third kappa shape index (κ3) is 1.11. The van der Waals surface area contributed by atoms with E-state index in [1.54, 1.807) is 6.07 Å². The van der Waals surface area contributed by atoms with Crippen LogP contribution in [0.4, 0.5) is 5.82 Å². The standard InChI is InChI=1S/C11H9N3O/c12-11-10(9-5-6-15-14-9)7-3-1-2-4-8(7)13-11/h1-6,13H,12H2. The molecule has 2 heterocycles. The molecule has 0 atom stereocenters. The second kappa shape index (κ2) is 2.88. The minimum Gasteiger partial charge on any atom is -0.385 e. The molecule has 0 aliphatic heterocycles. The molecule has 0 amide bonds. The smallest absolute Gasteiger partial charge is 0.124 e. The number of hydrogen-bond acceptors (Lipinski definition) is 3. The molecule has 3 N–H and O–H groups in total. The number of H-pyrrole nitrogens is 1. The fourth-order valence-electron chi connectivity index (χ4n) is 1.78. The lowest BCUT2D eigenvalue weighted by atomic mass is 10.1. The first kappa shape index (κ1) is 8.11. The molecular formula is C11H9N3O. The fraction of sp³-hybridized carbons (Fsp3) is 0. The molecule has 3 rings (SSSR count). The van der Waals surface area contributed by atoms with Crippen molar-refractivity contribution in [1.29, 1.82) is 0 Å². The van der Waals surface area contributed by atoms with Crippen molar-refractivity contribution in [1.82, 2.24) is 10.1 Å². The minimum atomic E-state index is 0.616. The molecule has 4 heteroatoms. The number of rotatable bonds is 1. The Bertz CT molecular complexity index is 595. The molecule has 2 aromatic heterocycles. The molecule has 1 aromatic carbocycles. The number of hydrogen-bond donors (Lipinski definition) is 2. The van der Waals surface area contributed by atoms with Crippen LogP contribution in [0.15, 0.2) is 41.1 Å². The minimum absolute atomic E-state index is 0.616. The summed E-state index contributed by atoms with van der Waals surface area (Å²) in [5.41, 5.74) is 8.57. The zero-order valence-electron chi connectivity index (χ0n) is 7.90. The van der Waals surface area contributed by atoms with E-state index in [0.717, 1.165) is 22.2 Å². The number of nitrogen functional groups attached to an aromatic ring is 1. The molecule has 4 nitrogen and oxygen atoms in total.